The summed E-state index contributed by atoms with van der Waals surface area (Å²) < 4.78 is 5.23. The maximum Gasteiger partial charge on any atom is 0.195 e. The molecule has 0 spiro atoms. The molecule has 1 aromatic heterocycles. The maximum absolute atomic E-state index is 11.9. The van der Waals surface area contributed by atoms with E-state index in [2.05, 4.69) is 0 Å². The minimum Gasteiger partial charge on any atom is -0.496 e. The van der Waals surface area contributed by atoms with E-state index in [9.17, 15) is 4.79 Å². The first-order chi connectivity index (χ1) is 8.70. The standard InChI is InChI=1S/C15H14O2S/c1-11-7-10-15(18-11)13(16)9-8-12-5-3-4-6-14(12)17-2/h3-10H,1-2H3. The monoisotopic (exact) mass is 258 g/mol. The van der Waals surface area contributed by atoms with Crippen LogP contribution in [0.2, 0.25) is 0 Å². The van der Waals surface area contributed by atoms with Crippen molar-refractivity contribution in [3.8, 4) is 5.75 Å². The maximum atomic E-state index is 11.9. The van der Waals surface area contributed by atoms with E-state index in [4.69, 9.17) is 4.74 Å². The van der Waals surface area contributed by atoms with Gasteiger partial charge < -0.3 is 4.74 Å². The zero-order chi connectivity index (χ0) is 13.0. The molecule has 0 aliphatic heterocycles. The van der Waals surface area contributed by atoms with Gasteiger partial charge in [0.1, 0.15) is 5.75 Å². The minimum absolute atomic E-state index is 0.0269. The van der Waals surface area contributed by atoms with Crippen LogP contribution in [0.1, 0.15) is 20.1 Å². The van der Waals surface area contributed by atoms with Crippen LogP contribution in [-0.2, 0) is 0 Å². The zero-order valence-electron chi connectivity index (χ0n) is 10.3. The van der Waals surface area contributed by atoms with Crippen molar-refractivity contribution in [2.24, 2.45) is 0 Å². The fraction of sp³-hybridized carbons (Fsp3) is 0.133. The van der Waals surface area contributed by atoms with Gasteiger partial charge in [0, 0.05) is 10.4 Å². The largest absolute Gasteiger partial charge is 0.496 e. The van der Waals surface area contributed by atoms with E-state index in [-0.39, 0.29) is 5.78 Å². The van der Waals surface area contributed by atoms with E-state index in [1.165, 1.54) is 11.3 Å². The van der Waals surface area contributed by atoms with Crippen molar-refractivity contribution in [2.75, 3.05) is 7.11 Å². The fourth-order valence-electron chi connectivity index (χ4n) is 1.62. The van der Waals surface area contributed by atoms with Crippen molar-refractivity contribution in [1.82, 2.24) is 0 Å². The molecular weight excluding hydrogens is 244 g/mol. The van der Waals surface area contributed by atoms with E-state index >= 15 is 0 Å². The van der Waals surface area contributed by atoms with Crippen molar-refractivity contribution in [3.05, 3.63) is 57.8 Å². The second kappa shape index (κ2) is 5.65. The highest BCUT2D eigenvalue weighted by molar-refractivity contribution is 7.14. The van der Waals surface area contributed by atoms with Gasteiger partial charge in [-0.05, 0) is 37.3 Å². The Kier molecular flexibility index (Phi) is 3.95. The minimum atomic E-state index is 0.0269. The lowest BCUT2D eigenvalue weighted by atomic mass is 10.1. The smallest absolute Gasteiger partial charge is 0.195 e. The number of rotatable bonds is 4. The molecule has 0 saturated carbocycles. The van der Waals surface area contributed by atoms with Crippen molar-refractivity contribution < 1.29 is 9.53 Å². The lowest BCUT2D eigenvalue weighted by Crippen LogP contribution is -1.90. The molecule has 92 valence electrons. The summed E-state index contributed by atoms with van der Waals surface area (Å²) in [5.74, 6) is 0.794. The summed E-state index contributed by atoms with van der Waals surface area (Å²) in [4.78, 5) is 13.8. The number of hydrogen-bond acceptors (Lipinski definition) is 3. The average Bonchev–Trinajstić information content (AvgIpc) is 2.83. The summed E-state index contributed by atoms with van der Waals surface area (Å²) in [5.41, 5.74) is 0.904. The van der Waals surface area contributed by atoms with Gasteiger partial charge in [0.05, 0.1) is 12.0 Å². The first-order valence-corrected chi connectivity index (χ1v) is 6.44. The molecule has 18 heavy (non-hydrogen) atoms. The summed E-state index contributed by atoms with van der Waals surface area (Å²) in [6.07, 6.45) is 3.37. The first kappa shape index (κ1) is 12.6. The Labute approximate surface area is 111 Å². The van der Waals surface area contributed by atoms with Crippen LogP contribution in [0.5, 0.6) is 5.75 Å². The molecular formula is C15H14O2S. The van der Waals surface area contributed by atoms with Gasteiger partial charge in [-0.25, -0.2) is 0 Å². The predicted molar refractivity (Wildman–Crippen MR) is 75.4 cm³/mol. The molecule has 0 aliphatic carbocycles. The summed E-state index contributed by atoms with van der Waals surface area (Å²) in [7, 11) is 1.62. The molecule has 2 aromatic rings. The second-order valence-corrected chi connectivity index (χ2v) is 5.14. The Hall–Kier alpha value is -1.87. The Morgan fingerprint density at radius 2 is 2.00 bits per heavy atom. The number of ether oxygens (including phenoxy) is 1. The first-order valence-electron chi connectivity index (χ1n) is 5.62. The Balaban J connectivity index is 2.18. The van der Waals surface area contributed by atoms with Crippen molar-refractivity contribution >= 4 is 23.2 Å². The second-order valence-electron chi connectivity index (χ2n) is 3.85. The Morgan fingerprint density at radius 3 is 2.67 bits per heavy atom. The zero-order valence-corrected chi connectivity index (χ0v) is 11.2. The molecule has 1 heterocycles. The number of aryl methyl sites for hydroxylation is 1. The third-order valence-electron chi connectivity index (χ3n) is 2.54. The van der Waals surface area contributed by atoms with E-state index in [0.29, 0.717) is 0 Å². The van der Waals surface area contributed by atoms with Gasteiger partial charge in [-0.15, -0.1) is 11.3 Å². The molecule has 0 aliphatic rings. The van der Waals surface area contributed by atoms with Crippen LogP contribution in [-0.4, -0.2) is 12.9 Å². The Morgan fingerprint density at radius 1 is 1.22 bits per heavy atom. The molecule has 2 nitrogen and oxygen atoms in total. The molecule has 0 bridgehead atoms. The molecule has 3 heteroatoms. The average molecular weight is 258 g/mol. The summed E-state index contributed by atoms with van der Waals surface area (Å²) in [6, 6.07) is 11.4. The van der Waals surface area contributed by atoms with Crippen LogP contribution in [0.15, 0.2) is 42.5 Å². The number of carbonyl (C=O) groups is 1. The summed E-state index contributed by atoms with van der Waals surface area (Å²) in [5, 5.41) is 0. The molecule has 1 aromatic carbocycles. The summed E-state index contributed by atoms with van der Waals surface area (Å²) >= 11 is 1.51. The van der Waals surface area contributed by atoms with Gasteiger partial charge in [-0.2, -0.15) is 0 Å². The fourth-order valence-corrected chi connectivity index (χ4v) is 2.41. The molecule has 0 saturated heterocycles. The number of allylic oxidation sites excluding steroid dienone is 1. The van der Waals surface area contributed by atoms with Gasteiger partial charge >= 0.3 is 0 Å². The number of hydrogen-bond donors (Lipinski definition) is 0. The van der Waals surface area contributed by atoms with Crippen LogP contribution >= 0.6 is 11.3 Å². The van der Waals surface area contributed by atoms with Crippen LogP contribution in [0.3, 0.4) is 0 Å². The lowest BCUT2D eigenvalue weighted by Gasteiger charge is -2.02. The van der Waals surface area contributed by atoms with E-state index in [0.717, 1.165) is 21.1 Å². The normalized spacial score (nSPS) is 10.8. The summed E-state index contributed by atoms with van der Waals surface area (Å²) in [6.45, 7) is 1.99. The molecule has 0 amide bonds. The third kappa shape index (κ3) is 2.87. The molecule has 2 rings (SSSR count). The number of methoxy groups -OCH3 is 1. The number of carbonyl (C=O) groups excluding carboxylic acids is 1. The van der Waals surface area contributed by atoms with Crippen LogP contribution < -0.4 is 4.74 Å². The van der Waals surface area contributed by atoms with Gasteiger partial charge in [-0.3, -0.25) is 4.79 Å². The van der Waals surface area contributed by atoms with E-state index < -0.39 is 0 Å². The molecule has 0 radical (unpaired) electrons. The quantitative estimate of drug-likeness (QED) is 0.613. The number of para-hydroxylation sites is 1. The van der Waals surface area contributed by atoms with Crippen LogP contribution in [0, 0.1) is 6.92 Å². The van der Waals surface area contributed by atoms with E-state index in [1.54, 1.807) is 19.3 Å². The highest BCUT2D eigenvalue weighted by Gasteiger charge is 2.04. The highest BCUT2D eigenvalue weighted by Crippen LogP contribution is 2.20. The number of thiophene rings is 1. The lowest BCUT2D eigenvalue weighted by molar-refractivity contribution is 0.105. The topological polar surface area (TPSA) is 26.3 Å². The van der Waals surface area contributed by atoms with Gasteiger partial charge in [0.15, 0.2) is 5.78 Å². The highest BCUT2D eigenvalue weighted by atomic mass is 32.1. The Bertz CT molecular complexity index is 582. The van der Waals surface area contributed by atoms with Gasteiger partial charge in [0.2, 0.25) is 0 Å². The molecule has 0 fully saturated rings. The SMILES string of the molecule is COc1ccccc1C=CC(=O)c1ccc(C)s1. The molecule has 0 N–H and O–H groups in total. The number of ketones is 1. The van der Waals surface area contributed by atoms with Crippen molar-refractivity contribution in [2.45, 2.75) is 6.92 Å². The van der Waals surface area contributed by atoms with Crippen LogP contribution in [0.25, 0.3) is 6.08 Å². The van der Waals surface area contributed by atoms with Gasteiger partial charge in [0.25, 0.3) is 0 Å². The van der Waals surface area contributed by atoms with Gasteiger partial charge in [-0.1, -0.05) is 18.2 Å². The third-order valence-corrected chi connectivity index (χ3v) is 3.55. The number of benzene rings is 1. The van der Waals surface area contributed by atoms with Crippen molar-refractivity contribution in [3.63, 3.8) is 0 Å². The van der Waals surface area contributed by atoms with Crippen molar-refractivity contribution in [1.29, 1.82) is 0 Å². The van der Waals surface area contributed by atoms with E-state index in [1.807, 2.05) is 43.3 Å². The van der Waals surface area contributed by atoms with Crippen LogP contribution in [0.4, 0.5) is 0 Å². The molecule has 0 atom stereocenters. The molecule has 0 unspecified atom stereocenters. The predicted octanol–water partition coefficient (Wildman–Crippen LogP) is 3.96.